The maximum atomic E-state index is 10.6. The van der Waals surface area contributed by atoms with Gasteiger partial charge in [0.25, 0.3) is 0 Å². The molecular formula is C27H29N5O4. The molecule has 4 aromatic rings. The Morgan fingerprint density at radius 2 is 1.64 bits per heavy atom. The lowest BCUT2D eigenvalue weighted by atomic mass is 9.74. The van der Waals surface area contributed by atoms with Crippen molar-refractivity contribution in [1.29, 1.82) is 0 Å². The summed E-state index contributed by atoms with van der Waals surface area (Å²) in [5.74, 6) is 1.31. The van der Waals surface area contributed by atoms with Crippen LogP contribution >= 0.6 is 0 Å². The van der Waals surface area contributed by atoms with Crippen molar-refractivity contribution in [2.45, 2.75) is 43.3 Å². The molecule has 4 unspecified atom stereocenters. The number of ether oxygens (including phenoxy) is 1. The topological polar surface area (TPSA) is 117 Å². The van der Waals surface area contributed by atoms with Crippen LogP contribution in [0.5, 0.6) is 0 Å². The summed E-state index contributed by atoms with van der Waals surface area (Å²) in [5.41, 5.74) is 3.45. The van der Waals surface area contributed by atoms with Crippen molar-refractivity contribution in [1.82, 2.24) is 19.5 Å². The zero-order chi connectivity index (χ0) is 24.9. The van der Waals surface area contributed by atoms with Crippen LogP contribution in [-0.2, 0) is 10.2 Å². The summed E-state index contributed by atoms with van der Waals surface area (Å²) in [7, 11) is 0. The average Bonchev–Trinajstić information content (AvgIpc) is 3.62. The number of nitrogens with zero attached hydrogens (tertiary/aromatic N) is 5. The first kappa shape index (κ1) is 23.1. The van der Waals surface area contributed by atoms with Gasteiger partial charge in [0.05, 0.1) is 12.9 Å². The number of anilines is 1. The van der Waals surface area contributed by atoms with E-state index in [0.717, 1.165) is 25.3 Å². The Balaban J connectivity index is 1.41. The standard InChI is InChI=1S/C27H29N5O4/c1-17-29-24(21-25(30-17)32(16-28-21)26-23(35)22(34)20(14-33)36-26)31-13-12-27(15-31,18-8-4-2-5-9-18)19-10-6-3-7-11-19/h2-11,16,20,22-23,26,33-35H,12-15H2,1H3. The molecule has 2 aliphatic rings. The van der Waals surface area contributed by atoms with Crippen molar-refractivity contribution < 1.29 is 20.1 Å². The average molecular weight is 488 g/mol. The van der Waals surface area contributed by atoms with Crippen LogP contribution in [0, 0.1) is 6.92 Å². The summed E-state index contributed by atoms with van der Waals surface area (Å²) in [6, 6.07) is 21.2. The van der Waals surface area contributed by atoms with E-state index in [1.54, 1.807) is 10.9 Å². The van der Waals surface area contributed by atoms with Gasteiger partial charge >= 0.3 is 0 Å². The summed E-state index contributed by atoms with van der Waals surface area (Å²) >= 11 is 0. The first-order valence-electron chi connectivity index (χ1n) is 12.2. The molecule has 3 N–H and O–H groups in total. The number of benzene rings is 2. The molecule has 4 heterocycles. The van der Waals surface area contributed by atoms with Gasteiger partial charge in [0.1, 0.15) is 24.1 Å². The molecule has 0 aliphatic carbocycles. The first-order chi connectivity index (χ1) is 17.5. The van der Waals surface area contributed by atoms with Gasteiger partial charge in [0, 0.05) is 18.5 Å². The number of aliphatic hydroxyl groups is 3. The Morgan fingerprint density at radius 3 is 2.25 bits per heavy atom. The van der Waals surface area contributed by atoms with Gasteiger partial charge in [-0.2, -0.15) is 0 Å². The second-order valence-corrected chi connectivity index (χ2v) is 9.63. The molecule has 186 valence electrons. The Morgan fingerprint density at radius 1 is 0.972 bits per heavy atom. The van der Waals surface area contributed by atoms with Crippen molar-refractivity contribution in [3.63, 3.8) is 0 Å². The number of imidazole rings is 1. The van der Waals surface area contributed by atoms with Gasteiger partial charge in [0.2, 0.25) is 0 Å². The number of aryl methyl sites for hydroxylation is 1. The summed E-state index contributed by atoms with van der Waals surface area (Å²) in [5, 5.41) is 30.3. The maximum absolute atomic E-state index is 10.6. The molecule has 2 aromatic heterocycles. The summed E-state index contributed by atoms with van der Waals surface area (Å²) < 4.78 is 7.36. The van der Waals surface area contributed by atoms with Gasteiger partial charge < -0.3 is 25.0 Å². The molecule has 0 amide bonds. The number of rotatable bonds is 5. The fourth-order valence-corrected chi connectivity index (χ4v) is 5.67. The van der Waals surface area contributed by atoms with Crippen molar-refractivity contribution in [3.8, 4) is 0 Å². The minimum absolute atomic E-state index is 0.195. The molecule has 0 bridgehead atoms. The van der Waals surface area contributed by atoms with E-state index >= 15 is 0 Å². The van der Waals surface area contributed by atoms with Crippen LogP contribution in [0.3, 0.4) is 0 Å². The van der Waals surface area contributed by atoms with E-state index < -0.39 is 31.1 Å². The minimum atomic E-state index is -1.21. The molecule has 2 saturated heterocycles. The SMILES string of the molecule is Cc1nc(N2CCC(c3ccccc3)(c3ccccc3)C2)c2ncn(C3OC(CO)C(O)C3O)c2n1. The monoisotopic (exact) mass is 487 g/mol. The van der Waals surface area contributed by atoms with Crippen LogP contribution in [0.1, 0.15) is 29.6 Å². The fraction of sp³-hybridized carbons (Fsp3) is 0.370. The molecule has 9 nitrogen and oxygen atoms in total. The Bertz CT molecular complexity index is 1320. The summed E-state index contributed by atoms with van der Waals surface area (Å²) in [4.78, 5) is 16.3. The summed E-state index contributed by atoms with van der Waals surface area (Å²) in [6.07, 6.45) is -1.72. The number of aliphatic hydroxyl groups excluding tert-OH is 3. The van der Waals surface area contributed by atoms with E-state index in [-0.39, 0.29) is 5.41 Å². The molecule has 0 saturated carbocycles. The first-order valence-corrected chi connectivity index (χ1v) is 12.2. The highest BCUT2D eigenvalue weighted by molar-refractivity contribution is 5.84. The van der Waals surface area contributed by atoms with Crippen LogP contribution in [0.15, 0.2) is 67.0 Å². The zero-order valence-electron chi connectivity index (χ0n) is 20.0. The van der Waals surface area contributed by atoms with Crippen LogP contribution in [0.2, 0.25) is 0 Å². The lowest BCUT2D eigenvalue weighted by Gasteiger charge is -2.31. The molecule has 2 aliphatic heterocycles. The van der Waals surface area contributed by atoms with Gasteiger partial charge in [-0.3, -0.25) is 4.57 Å². The number of hydrogen-bond acceptors (Lipinski definition) is 8. The molecule has 0 radical (unpaired) electrons. The van der Waals surface area contributed by atoms with Gasteiger partial charge in [-0.25, -0.2) is 15.0 Å². The molecular weight excluding hydrogens is 458 g/mol. The minimum Gasteiger partial charge on any atom is -0.394 e. The van der Waals surface area contributed by atoms with Crippen LogP contribution in [0.4, 0.5) is 5.82 Å². The predicted molar refractivity (Wildman–Crippen MR) is 134 cm³/mol. The summed E-state index contributed by atoms with van der Waals surface area (Å²) in [6.45, 7) is 2.95. The van der Waals surface area contributed by atoms with E-state index in [0.29, 0.717) is 17.0 Å². The van der Waals surface area contributed by atoms with Crippen LogP contribution in [0.25, 0.3) is 11.2 Å². The fourth-order valence-electron chi connectivity index (χ4n) is 5.67. The van der Waals surface area contributed by atoms with Crippen molar-refractivity contribution in [2.24, 2.45) is 0 Å². The highest BCUT2D eigenvalue weighted by atomic mass is 16.6. The number of hydrogen-bond donors (Lipinski definition) is 3. The Hall–Kier alpha value is -3.37. The lowest BCUT2D eigenvalue weighted by molar-refractivity contribution is -0.0511. The zero-order valence-corrected chi connectivity index (χ0v) is 20.0. The van der Waals surface area contributed by atoms with Crippen LogP contribution in [-0.4, -0.2) is 72.8 Å². The van der Waals surface area contributed by atoms with Gasteiger partial charge in [-0.15, -0.1) is 0 Å². The quantitative estimate of drug-likeness (QED) is 0.391. The Labute approximate surface area is 208 Å². The third-order valence-corrected chi connectivity index (χ3v) is 7.53. The largest absolute Gasteiger partial charge is 0.394 e. The molecule has 6 rings (SSSR count). The predicted octanol–water partition coefficient (Wildman–Crippen LogP) is 1.94. The second kappa shape index (κ2) is 8.94. The normalized spacial score (nSPS) is 25.6. The van der Waals surface area contributed by atoms with Crippen LogP contribution < -0.4 is 4.90 Å². The number of fused-ring (bicyclic) bond motifs is 1. The number of aromatic nitrogens is 4. The molecule has 2 fully saturated rings. The molecule has 4 atom stereocenters. The van der Waals surface area contributed by atoms with E-state index in [1.165, 1.54) is 11.1 Å². The van der Waals surface area contributed by atoms with E-state index in [4.69, 9.17) is 9.72 Å². The maximum Gasteiger partial charge on any atom is 0.167 e. The van der Waals surface area contributed by atoms with E-state index in [2.05, 4.69) is 63.4 Å². The van der Waals surface area contributed by atoms with E-state index in [1.807, 2.05) is 19.1 Å². The third-order valence-electron chi connectivity index (χ3n) is 7.53. The molecule has 9 heteroatoms. The van der Waals surface area contributed by atoms with E-state index in [9.17, 15) is 15.3 Å². The van der Waals surface area contributed by atoms with Gasteiger partial charge in [-0.1, -0.05) is 60.7 Å². The van der Waals surface area contributed by atoms with Crippen molar-refractivity contribution >= 4 is 17.0 Å². The second-order valence-electron chi connectivity index (χ2n) is 9.63. The highest BCUT2D eigenvalue weighted by Crippen LogP contribution is 2.43. The molecule has 2 aromatic carbocycles. The Kier molecular flexibility index (Phi) is 5.72. The smallest absolute Gasteiger partial charge is 0.167 e. The lowest BCUT2D eigenvalue weighted by Crippen LogP contribution is -2.33. The molecule has 0 spiro atoms. The van der Waals surface area contributed by atoms with Crippen molar-refractivity contribution in [2.75, 3.05) is 24.6 Å². The van der Waals surface area contributed by atoms with Crippen molar-refractivity contribution in [3.05, 3.63) is 83.9 Å². The molecule has 36 heavy (non-hydrogen) atoms. The van der Waals surface area contributed by atoms with Gasteiger partial charge in [-0.05, 0) is 24.5 Å². The highest BCUT2D eigenvalue weighted by Gasteiger charge is 2.45. The third kappa shape index (κ3) is 3.58. The van der Waals surface area contributed by atoms with Gasteiger partial charge in [0.15, 0.2) is 23.2 Å².